The Hall–Kier alpha value is -2.24. The summed E-state index contributed by atoms with van der Waals surface area (Å²) < 4.78 is 0. The first-order valence-corrected chi connectivity index (χ1v) is 3.73. The number of nitrogens with two attached hydrogens (primary N) is 1. The van der Waals surface area contributed by atoms with Crippen molar-refractivity contribution in [3.63, 3.8) is 0 Å². The number of phenolic OH excluding ortho intramolecular Hbond substituents is 3. The van der Waals surface area contributed by atoms with E-state index < -0.39 is 17.2 Å². The van der Waals surface area contributed by atoms with Crippen LogP contribution in [0.15, 0.2) is 11.1 Å². The molecule has 0 saturated carbocycles. The molecule has 1 heterocycles. The second-order valence-corrected chi connectivity index (χ2v) is 2.86. The van der Waals surface area contributed by atoms with Crippen molar-refractivity contribution in [1.29, 1.82) is 5.41 Å². The molecule has 0 radical (unpaired) electrons. The number of phenols is 3. The van der Waals surface area contributed by atoms with Crippen LogP contribution in [0.2, 0.25) is 0 Å². The monoisotopic (exact) mass is 193 g/mol. The lowest BCUT2D eigenvalue weighted by atomic mass is 10.1. The van der Waals surface area contributed by atoms with Crippen molar-refractivity contribution < 1.29 is 15.3 Å². The van der Waals surface area contributed by atoms with Gasteiger partial charge in [0, 0.05) is 5.56 Å². The largest absolute Gasteiger partial charge is 0.504 e. The first-order chi connectivity index (χ1) is 6.52. The summed E-state index contributed by atoms with van der Waals surface area (Å²) in [7, 11) is 0. The molecular weight excluding hydrogens is 186 g/mol. The molecule has 0 aromatic heterocycles. The standard InChI is InChI=1S/C8H7N3O3/c9-7-2-1-3(12)5(13)6(14)4(2)8(10)11-7/h1,12-14H,(H3,9,10,11). The highest BCUT2D eigenvalue weighted by molar-refractivity contribution is 6.22. The minimum absolute atomic E-state index is 0.0376. The maximum atomic E-state index is 9.41. The van der Waals surface area contributed by atoms with Crippen LogP contribution in [-0.2, 0) is 0 Å². The molecule has 1 aliphatic heterocycles. The molecule has 0 amide bonds. The number of nitrogens with zero attached hydrogens (tertiary/aromatic N) is 1. The van der Waals surface area contributed by atoms with E-state index in [9.17, 15) is 15.3 Å². The van der Waals surface area contributed by atoms with E-state index in [1.54, 1.807) is 0 Å². The number of amidine groups is 2. The van der Waals surface area contributed by atoms with Gasteiger partial charge in [-0.1, -0.05) is 0 Å². The van der Waals surface area contributed by atoms with Gasteiger partial charge in [0.1, 0.15) is 5.84 Å². The van der Waals surface area contributed by atoms with Gasteiger partial charge in [0.05, 0.1) is 5.56 Å². The highest BCUT2D eigenvalue weighted by Crippen LogP contribution is 2.41. The van der Waals surface area contributed by atoms with Crippen LogP contribution in [0.4, 0.5) is 0 Å². The first-order valence-electron chi connectivity index (χ1n) is 3.73. The average molecular weight is 193 g/mol. The fourth-order valence-electron chi connectivity index (χ4n) is 1.32. The van der Waals surface area contributed by atoms with Gasteiger partial charge in [-0.2, -0.15) is 0 Å². The zero-order valence-corrected chi connectivity index (χ0v) is 6.94. The predicted molar refractivity (Wildman–Crippen MR) is 49.0 cm³/mol. The van der Waals surface area contributed by atoms with Crippen LogP contribution in [0.5, 0.6) is 17.2 Å². The van der Waals surface area contributed by atoms with Gasteiger partial charge in [0.2, 0.25) is 5.75 Å². The van der Waals surface area contributed by atoms with E-state index in [4.69, 9.17) is 11.1 Å². The quantitative estimate of drug-likeness (QED) is 0.367. The van der Waals surface area contributed by atoms with Crippen molar-refractivity contribution in [2.45, 2.75) is 0 Å². The van der Waals surface area contributed by atoms with Gasteiger partial charge < -0.3 is 21.1 Å². The number of fused-ring (bicyclic) bond motifs is 1. The number of hydrogen-bond donors (Lipinski definition) is 5. The molecule has 1 aromatic carbocycles. The molecule has 0 aliphatic carbocycles. The lowest BCUT2D eigenvalue weighted by Crippen LogP contribution is -2.10. The van der Waals surface area contributed by atoms with E-state index in [1.165, 1.54) is 0 Å². The summed E-state index contributed by atoms with van der Waals surface area (Å²) in [6.07, 6.45) is 0. The second-order valence-electron chi connectivity index (χ2n) is 2.86. The van der Waals surface area contributed by atoms with Crippen LogP contribution in [0, 0.1) is 5.41 Å². The first kappa shape index (κ1) is 8.36. The molecule has 1 aliphatic rings. The molecule has 6 N–H and O–H groups in total. The number of aliphatic imine (C=N–C) groups is 1. The average Bonchev–Trinajstić information content (AvgIpc) is 2.38. The summed E-state index contributed by atoms with van der Waals surface area (Å²) in [6.45, 7) is 0. The molecule has 0 bridgehead atoms. The van der Waals surface area contributed by atoms with Crippen LogP contribution < -0.4 is 5.73 Å². The van der Waals surface area contributed by atoms with Crippen molar-refractivity contribution in [1.82, 2.24) is 0 Å². The molecule has 0 spiro atoms. The Morgan fingerprint density at radius 1 is 1.21 bits per heavy atom. The third kappa shape index (κ3) is 0.846. The van der Waals surface area contributed by atoms with E-state index in [0.29, 0.717) is 0 Å². The smallest absolute Gasteiger partial charge is 0.201 e. The van der Waals surface area contributed by atoms with Crippen molar-refractivity contribution in [2.24, 2.45) is 10.7 Å². The molecular formula is C8H7N3O3. The molecule has 0 fully saturated rings. The van der Waals surface area contributed by atoms with Crippen LogP contribution in [0.25, 0.3) is 0 Å². The Kier molecular flexibility index (Phi) is 1.42. The summed E-state index contributed by atoms with van der Waals surface area (Å²) in [4.78, 5) is 3.60. The number of rotatable bonds is 0. The molecule has 2 rings (SSSR count). The van der Waals surface area contributed by atoms with Crippen LogP contribution in [0.1, 0.15) is 11.1 Å². The zero-order valence-electron chi connectivity index (χ0n) is 6.94. The Morgan fingerprint density at radius 2 is 1.86 bits per heavy atom. The van der Waals surface area contributed by atoms with Gasteiger partial charge in [-0.3, -0.25) is 5.41 Å². The summed E-state index contributed by atoms with van der Waals surface area (Å²) in [5.41, 5.74) is 5.72. The summed E-state index contributed by atoms with van der Waals surface area (Å²) in [5.74, 6) is -1.93. The SMILES string of the molecule is N=C1N=C(N)c2cc(O)c(O)c(O)c21. The molecule has 0 atom stereocenters. The molecule has 14 heavy (non-hydrogen) atoms. The fourth-order valence-corrected chi connectivity index (χ4v) is 1.32. The van der Waals surface area contributed by atoms with Crippen molar-refractivity contribution in [2.75, 3.05) is 0 Å². The summed E-state index contributed by atoms with van der Waals surface area (Å²) in [5, 5.41) is 35.1. The van der Waals surface area contributed by atoms with Gasteiger partial charge in [0.25, 0.3) is 0 Å². The highest BCUT2D eigenvalue weighted by Gasteiger charge is 2.26. The summed E-state index contributed by atoms with van der Waals surface area (Å²) in [6, 6.07) is 1.16. The lowest BCUT2D eigenvalue weighted by Gasteiger charge is -2.06. The van der Waals surface area contributed by atoms with Crippen LogP contribution >= 0.6 is 0 Å². The molecule has 0 unspecified atom stereocenters. The summed E-state index contributed by atoms with van der Waals surface area (Å²) >= 11 is 0. The van der Waals surface area contributed by atoms with Crippen LogP contribution in [-0.4, -0.2) is 27.0 Å². The topological polar surface area (TPSA) is 123 Å². The Morgan fingerprint density at radius 3 is 2.50 bits per heavy atom. The number of aromatic hydroxyl groups is 3. The third-order valence-corrected chi connectivity index (χ3v) is 2.00. The third-order valence-electron chi connectivity index (χ3n) is 2.00. The zero-order chi connectivity index (χ0) is 10.5. The van der Waals surface area contributed by atoms with E-state index in [2.05, 4.69) is 4.99 Å². The second kappa shape index (κ2) is 2.38. The Labute approximate surface area is 78.5 Å². The maximum Gasteiger partial charge on any atom is 0.201 e. The minimum Gasteiger partial charge on any atom is -0.504 e. The highest BCUT2D eigenvalue weighted by atomic mass is 16.3. The van der Waals surface area contributed by atoms with Crippen molar-refractivity contribution in [3.05, 3.63) is 17.2 Å². The number of benzene rings is 1. The van der Waals surface area contributed by atoms with Gasteiger partial charge in [-0.25, -0.2) is 4.99 Å². The molecule has 72 valence electrons. The minimum atomic E-state index is -0.668. The van der Waals surface area contributed by atoms with Gasteiger partial charge in [-0.05, 0) is 6.07 Å². The Bertz CT molecular complexity index is 479. The lowest BCUT2D eigenvalue weighted by molar-refractivity contribution is 0.367. The normalized spacial score (nSPS) is 14.0. The van der Waals surface area contributed by atoms with Crippen molar-refractivity contribution in [3.8, 4) is 17.2 Å². The van der Waals surface area contributed by atoms with Gasteiger partial charge >= 0.3 is 0 Å². The van der Waals surface area contributed by atoms with E-state index in [-0.39, 0.29) is 22.8 Å². The molecule has 6 nitrogen and oxygen atoms in total. The maximum absolute atomic E-state index is 9.41. The fraction of sp³-hybridized carbons (Fsp3) is 0. The van der Waals surface area contributed by atoms with Gasteiger partial charge in [-0.15, -0.1) is 0 Å². The number of nitrogens with one attached hydrogen (secondary N) is 1. The number of hydrogen-bond acceptors (Lipinski definition) is 5. The molecule has 6 heteroatoms. The Balaban J connectivity index is 2.82. The van der Waals surface area contributed by atoms with Gasteiger partial charge in [0.15, 0.2) is 17.3 Å². The van der Waals surface area contributed by atoms with Crippen molar-refractivity contribution >= 4 is 11.7 Å². The molecule has 1 aromatic rings. The van der Waals surface area contributed by atoms with E-state index in [1.807, 2.05) is 0 Å². The predicted octanol–water partition coefficient (Wildman–Crippen LogP) is -0.152. The van der Waals surface area contributed by atoms with E-state index in [0.717, 1.165) is 6.07 Å². The van der Waals surface area contributed by atoms with Crippen LogP contribution in [0.3, 0.4) is 0 Å². The molecule has 0 saturated heterocycles. The van der Waals surface area contributed by atoms with E-state index >= 15 is 0 Å².